The summed E-state index contributed by atoms with van der Waals surface area (Å²) in [7, 11) is 0.372. The summed E-state index contributed by atoms with van der Waals surface area (Å²) >= 11 is 5.92. The van der Waals surface area contributed by atoms with Gasteiger partial charge in [0.15, 0.2) is 0 Å². The summed E-state index contributed by atoms with van der Waals surface area (Å²) in [5, 5.41) is 0.509. The van der Waals surface area contributed by atoms with E-state index in [1.54, 1.807) is 12.1 Å². The first-order chi connectivity index (χ1) is 15.3. The number of nitrogens with zero attached hydrogens (tertiary/aromatic N) is 2. The minimum atomic E-state index is -3.64. The molecule has 0 aliphatic carbocycles. The lowest BCUT2D eigenvalue weighted by Crippen LogP contribution is -2.40. The van der Waals surface area contributed by atoms with Gasteiger partial charge in [0.1, 0.15) is 0 Å². The van der Waals surface area contributed by atoms with E-state index in [9.17, 15) is 8.42 Å². The first kappa shape index (κ1) is 22.8. The molecule has 168 valence electrons. The molecule has 5 nitrogen and oxygen atoms in total. The van der Waals surface area contributed by atoms with Gasteiger partial charge < -0.3 is 4.90 Å². The quantitative estimate of drug-likeness (QED) is 0.554. The van der Waals surface area contributed by atoms with E-state index < -0.39 is 10.0 Å². The Bertz CT molecular complexity index is 1160. The summed E-state index contributed by atoms with van der Waals surface area (Å²) in [5.74, 6) is 0. The Labute approximate surface area is 195 Å². The molecule has 4 rings (SSSR count). The number of anilines is 1. The van der Waals surface area contributed by atoms with Crippen LogP contribution in [-0.4, -0.2) is 40.5 Å². The van der Waals surface area contributed by atoms with Crippen LogP contribution in [0.4, 0.5) is 5.69 Å². The Balaban J connectivity index is 1.59. The number of nitrogens with one attached hydrogen (secondary N) is 1. The average molecular weight is 470 g/mol. The zero-order valence-electron chi connectivity index (χ0n) is 18.3. The van der Waals surface area contributed by atoms with E-state index in [4.69, 9.17) is 11.6 Å². The summed E-state index contributed by atoms with van der Waals surface area (Å²) < 4.78 is 28.7. The van der Waals surface area contributed by atoms with Crippen LogP contribution in [0.2, 0.25) is 5.02 Å². The predicted octanol–water partition coefficient (Wildman–Crippen LogP) is 4.48. The molecule has 0 aromatic heterocycles. The van der Waals surface area contributed by atoms with E-state index in [2.05, 4.69) is 63.1 Å². The molecule has 0 radical (unpaired) electrons. The fraction of sp³-hybridized carbons (Fsp3) is 0.280. The predicted molar refractivity (Wildman–Crippen MR) is 131 cm³/mol. The van der Waals surface area contributed by atoms with Gasteiger partial charge in [0.05, 0.1) is 4.90 Å². The van der Waals surface area contributed by atoms with Crippen LogP contribution in [0.15, 0.2) is 77.7 Å². The fourth-order valence-corrected chi connectivity index (χ4v) is 5.29. The van der Waals surface area contributed by atoms with Crippen LogP contribution >= 0.6 is 11.6 Å². The van der Waals surface area contributed by atoms with Crippen molar-refractivity contribution < 1.29 is 8.42 Å². The van der Waals surface area contributed by atoms with Crippen LogP contribution in [0.5, 0.6) is 0 Å². The summed E-state index contributed by atoms with van der Waals surface area (Å²) in [6, 6.07) is 23.0. The van der Waals surface area contributed by atoms with Crippen molar-refractivity contribution in [3.05, 3.63) is 94.5 Å². The highest BCUT2D eigenvalue weighted by atomic mass is 35.5. The Hall–Kier alpha value is -2.38. The van der Waals surface area contributed by atoms with Crippen molar-refractivity contribution in [2.45, 2.75) is 23.9 Å². The van der Waals surface area contributed by atoms with Gasteiger partial charge in [-0.15, -0.1) is 0 Å². The number of rotatable bonds is 7. The highest BCUT2D eigenvalue weighted by molar-refractivity contribution is 7.89. The number of fused-ring (bicyclic) bond motifs is 1. The zero-order chi connectivity index (χ0) is 22.7. The van der Waals surface area contributed by atoms with Gasteiger partial charge in [0, 0.05) is 50.5 Å². The smallest absolute Gasteiger partial charge is 0.240 e. The molecule has 0 amide bonds. The second-order valence-corrected chi connectivity index (χ2v) is 10.5. The lowest BCUT2D eigenvalue weighted by molar-refractivity contribution is 0.180. The van der Waals surface area contributed by atoms with Gasteiger partial charge in [0.2, 0.25) is 10.0 Å². The van der Waals surface area contributed by atoms with Crippen LogP contribution in [0, 0.1) is 0 Å². The van der Waals surface area contributed by atoms with E-state index in [1.807, 2.05) is 14.1 Å². The molecule has 0 unspecified atom stereocenters. The minimum Gasteiger partial charge on any atom is -0.378 e. The van der Waals surface area contributed by atoms with Crippen molar-refractivity contribution >= 4 is 27.3 Å². The molecule has 1 N–H and O–H groups in total. The van der Waals surface area contributed by atoms with Crippen LogP contribution in [-0.2, 0) is 23.0 Å². The monoisotopic (exact) mass is 469 g/mol. The van der Waals surface area contributed by atoms with E-state index >= 15 is 0 Å². The molecule has 1 aliphatic heterocycles. The number of hydrogen-bond acceptors (Lipinski definition) is 4. The van der Waals surface area contributed by atoms with Crippen LogP contribution in [0.1, 0.15) is 22.7 Å². The fourth-order valence-electron chi connectivity index (χ4n) is 4.12. The maximum atomic E-state index is 12.9. The number of halogens is 1. The highest BCUT2D eigenvalue weighted by Crippen LogP contribution is 2.29. The second kappa shape index (κ2) is 9.63. The number of benzene rings is 3. The molecule has 7 heteroatoms. The first-order valence-electron chi connectivity index (χ1n) is 10.7. The molecule has 3 aromatic rings. The van der Waals surface area contributed by atoms with E-state index in [1.165, 1.54) is 23.3 Å². The Morgan fingerprint density at radius 1 is 0.969 bits per heavy atom. The molecule has 1 aliphatic rings. The highest BCUT2D eigenvalue weighted by Gasteiger charge is 2.26. The maximum Gasteiger partial charge on any atom is 0.240 e. The molecule has 1 heterocycles. The van der Waals surface area contributed by atoms with Crippen molar-refractivity contribution in [3.63, 3.8) is 0 Å². The molecule has 0 bridgehead atoms. The van der Waals surface area contributed by atoms with Crippen LogP contribution < -0.4 is 9.62 Å². The first-order valence-corrected chi connectivity index (χ1v) is 12.5. The topological polar surface area (TPSA) is 52.7 Å². The molecular formula is C25H28ClN3O2S. The molecule has 0 saturated heterocycles. The molecule has 0 fully saturated rings. The summed E-state index contributed by atoms with van der Waals surface area (Å²) in [6.45, 7) is 1.95. The van der Waals surface area contributed by atoms with Crippen LogP contribution in [0.3, 0.4) is 0 Å². The minimum absolute atomic E-state index is 0.0818. The molecule has 1 atom stereocenters. The van der Waals surface area contributed by atoms with Crippen molar-refractivity contribution in [2.24, 2.45) is 0 Å². The molecule has 0 spiro atoms. The van der Waals surface area contributed by atoms with Crippen molar-refractivity contribution in [2.75, 3.05) is 32.1 Å². The molecule has 32 heavy (non-hydrogen) atoms. The van der Waals surface area contributed by atoms with Gasteiger partial charge in [-0.1, -0.05) is 48.0 Å². The standard InChI is InChI=1S/C25H28ClN3O2S/c1-28(2)23-11-7-20(8-12-23)25(29-16-15-19-5-3-4-6-21(19)18-29)17-27-32(30,31)24-13-9-22(26)10-14-24/h3-14,25,27H,15-18H2,1-2H3/t25-/m1/s1. The van der Waals surface area contributed by atoms with Gasteiger partial charge in [-0.05, 0) is 59.5 Å². The normalized spacial score (nSPS) is 15.2. The van der Waals surface area contributed by atoms with Crippen molar-refractivity contribution in [3.8, 4) is 0 Å². The zero-order valence-corrected chi connectivity index (χ0v) is 19.9. The van der Waals surface area contributed by atoms with Gasteiger partial charge in [-0.2, -0.15) is 0 Å². The molecular weight excluding hydrogens is 442 g/mol. The average Bonchev–Trinajstić information content (AvgIpc) is 2.79. The lowest BCUT2D eigenvalue weighted by atomic mass is 9.96. The Morgan fingerprint density at radius 2 is 1.62 bits per heavy atom. The van der Waals surface area contributed by atoms with Crippen molar-refractivity contribution in [1.29, 1.82) is 0 Å². The Kier molecular flexibility index (Phi) is 6.86. The van der Waals surface area contributed by atoms with Gasteiger partial charge in [-0.3, -0.25) is 4.90 Å². The maximum absolute atomic E-state index is 12.9. The third kappa shape index (κ3) is 5.15. The third-order valence-electron chi connectivity index (χ3n) is 5.99. The largest absolute Gasteiger partial charge is 0.378 e. The van der Waals surface area contributed by atoms with E-state index in [0.717, 1.165) is 30.8 Å². The van der Waals surface area contributed by atoms with Gasteiger partial charge in [-0.25, -0.2) is 13.1 Å². The van der Waals surface area contributed by atoms with E-state index in [0.29, 0.717) is 5.02 Å². The SMILES string of the molecule is CN(C)c1ccc([C@@H](CNS(=O)(=O)c2ccc(Cl)cc2)N2CCc3ccccc3C2)cc1. The molecule has 0 saturated carbocycles. The van der Waals surface area contributed by atoms with Gasteiger partial charge in [0.25, 0.3) is 0 Å². The number of sulfonamides is 1. The summed E-state index contributed by atoms with van der Waals surface area (Å²) in [4.78, 5) is 4.63. The second-order valence-electron chi connectivity index (χ2n) is 8.30. The van der Waals surface area contributed by atoms with Gasteiger partial charge >= 0.3 is 0 Å². The molecule has 3 aromatic carbocycles. The van der Waals surface area contributed by atoms with Crippen LogP contribution in [0.25, 0.3) is 0 Å². The van der Waals surface area contributed by atoms with E-state index in [-0.39, 0.29) is 17.5 Å². The Morgan fingerprint density at radius 3 is 2.28 bits per heavy atom. The lowest BCUT2D eigenvalue weighted by Gasteiger charge is -2.36. The third-order valence-corrected chi connectivity index (χ3v) is 7.68. The van der Waals surface area contributed by atoms with Crippen molar-refractivity contribution in [1.82, 2.24) is 9.62 Å². The summed E-state index contributed by atoms with van der Waals surface area (Å²) in [5.41, 5.74) is 4.87. The summed E-state index contributed by atoms with van der Waals surface area (Å²) in [6.07, 6.45) is 0.951. The number of hydrogen-bond donors (Lipinski definition) is 1.